The van der Waals surface area contributed by atoms with Gasteiger partial charge in [0.05, 0.1) is 12.5 Å². The average molecular weight is 401 g/mol. The minimum absolute atomic E-state index is 0.0469. The summed E-state index contributed by atoms with van der Waals surface area (Å²) in [6.07, 6.45) is 1.81. The van der Waals surface area contributed by atoms with Crippen LogP contribution in [0.3, 0.4) is 0 Å². The molecule has 0 fully saturated rings. The molecule has 2 amide bonds. The number of carbonyl (C=O) groups excluding carboxylic acids is 2. The zero-order chi connectivity index (χ0) is 20.7. The summed E-state index contributed by atoms with van der Waals surface area (Å²) in [6.45, 7) is 7.41. The quantitative estimate of drug-likeness (QED) is 0.656. The second kappa shape index (κ2) is 9.64. The molecule has 1 atom stereocenters. The Hall–Kier alpha value is -2.47. The third kappa shape index (κ3) is 7.27. The monoisotopic (exact) mass is 400 g/mol. The summed E-state index contributed by atoms with van der Waals surface area (Å²) in [5.74, 6) is -0.0469. The molecule has 150 valence electrons. The number of hydrogen-bond donors (Lipinski definition) is 2. The van der Waals surface area contributed by atoms with E-state index in [-0.39, 0.29) is 18.4 Å². The van der Waals surface area contributed by atoms with Crippen molar-refractivity contribution in [3.63, 3.8) is 0 Å². The van der Waals surface area contributed by atoms with Crippen LogP contribution in [-0.4, -0.2) is 23.9 Å². The summed E-state index contributed by atoms with van der Waals surface area (Å²) < 4.78 is 5.22. The largest absolute Gasteiger partial charge is 0.444 e. The SMILES string of the molecule is CSc1ccc(C(C)NC(=O)Cc2ccc(NC(=O)OC(C)(C)C)cc2)cc1. The number of amides is 2. The van der Waals surface area contributed by atoms with Crippen molar-refractivity contribution in [3.8, 4) is 0 Å². The van der Waals surface area contributed by atoms with E-state index in [1.165, 1.54) is 4.90 Å². The van der Waals surface area contributed by atoms with Gasteiger partial charge in [0.2, 0.25) is 5.91 Å². The van der Waals surface area contributed by atoms with Crippen molar-refractivity contribution in [2.45, 2.75) is 50.7 Å². The molecule has 0 aliphatic heterocycles. The van der Waals surface area contributed by atoms with Gasteiger partial charge in [-0.25, -0.2) is 4.79 Å². The molecule has 0 aliphatic carbocycles. The Morgan fingerprint density at radius 1 is 1.04 bits per heavy atom. The Labute approximate surface area is 171 Å². The van der Waals surface area contributed by atoms with E-state index in [0.29, 0.717) is 5.69 Å². The van der Waals surface area contributed by atoms with Crippen LogP contribution >= 0.6 is 11.8 Å². The van der Waals surface area contributed by atoms with E-state index >= 15 is 0 Å². The fraction of sp³-hybridized carbons (Fsp3) is 0.364. The second-order valence-corrected chi connectivity index (χ2v) is 8.44. The van der Waals surface area contributed by atoms with Gasteiger partial charge in [-0.05, 0) is 69.3 Å². The Bertz CT molecular complexity index is 796. The molecule has 0 heterocycles. The summed E-state index contributed by atoms with van der Waals surface area (Å²) >= 11 is 1.69. The van der Waals surface area contributed by atoms with Crippen molar-refractivity contribution in [3.05, 3.63) is 59.7 Å². The standard InChI is InChI=1S/C22H28N2O3S/c1-15(17-8-12-19(28-5)13-9-17)23-20(25)14-16-6-10-18(11-7-16)24-21(26)27-22(2,3)4/h6-13,15H,14H2,1-5H3,(H,23,25)(H,24,26). The molecule has 0 spiro atoms. The predicted octanol–water partition coefficient (Wildman–Crippen LogP) is 5.18. The van der Waals surface area contributed by atoms with Crippen LogP contribution in [0.25, 0.3) is 0 Å². The number of benzene rings is 2. The van der Waals surface area contributed by atoms with Gasteiger partial charge in [0.1, 0.15) is 5.60 Å². The van der Waals surface area contributed by atoms with E-state index in [2.05, 4.69) is 22.8 Å². The smallest absolute Gasteiger partial charge is 0.412 e. The van der Waals surface area contributed by atoms with E-state index in [4.69, 9.17) is 4.74 Å². The molecule has 2 N–H and O–H groups in total. The van der Waals surface area contributed by atoms with E-state index < -0.39 is 11.7 Å². The Morgan fingerprint density at radius 2 is 1.64 bits per heavy atom. The van der Waals surface area contributed by atoms with Gasteiger partial charge in [-0.3, -0.25) is 10.1 Å². The van der Waals surface area contributed by atoms with Gasteiger partial charge in [-0.1, -0.05) is 24.3 Å². The fourth-order valence-electron chi connectivity index (χ4n) is 2.58. The predicted molar refractivity (Wildman–Crippen MR) is 115 cm³/mol. The molecule has 0 aromatic heterocycles. The fourth-order valence-corrected chi connectivity index (χ4v) is 2.99. The lowest BCUT2D eigenvalue weighted by atomic mass is 10.1. The van der Waals surface area contributed by atoms with Crippen LogP contribution in [0.5, 0.6) is 0 Å². The number of anilines is 1. The molecule has 28 heavy (non-hydrogen) atoms. The minimum atomic E-state index is -0.547. The van der Waals surface area contributed by atoms with Gasteiger partial charge in [-0.2, -0.15) is 0 Å². The molecule has 5 nitrogen and oxygen atoms in total. The lowest BCUT2D eigenvalue weighted by Crippen LogP contribution is -2.28. The highest BCUT2D eigenvalue weighted by atomic mass is 32.2. The number of thioether (sulfide) groups is 1. The zero-order valence-electron chi connectivity index (χ0n) is 17.0. The van der Waals surface area contributed by atoms with Crippen LogP contribution in [0, 0.1) is 0 Å². The van der Waals surface area contributed by atoms with Crippen LogP contribution in [0.4, 0.5) is 10.5 Å². The maximum Gasteiger partial charge on any atom is 0.412 e. The molecule has 0 bridgehead atoms. The van der Waals surface area contributed by atoms with Gasteiger partial charge >= 0.3 is 6.09 Å². The first kappa shape index (κ1) is 21.8. The van der Waals surface area contributed by atoms with Crippen LogP contribution in [0.15, 0.2) is 53.4 Å². The molecular formula is C22H28N2O3S. The number of carbonyl (C=O) groups is 2. The van der Waals surface area contributed by atoms with Crippen LogP contribution < -0.4 is 10.6 Å². The summed E-state index contributed by atoms with van der Waals surface area (Å²) in [5.41, 5.74) is 2.02. The van der Waals surface area contributed by atoms with Gasteiger partial charge < -0.3 is 10.1 Å². The van der Waals surface area contributed by atoms with Gasteiger partial charge in [0.25, 0.3) is 0 Å². The van der Waals surface area contributed by atoms with Crippen LogP contribution in [0.2, 0.25) is 0 Å². The molecule has 0 saturated heterocycles. The van der Waals surface area contributed by atoms with Crippen molar-refractivity contribution in [2.75, 3.05) is 11.6 Å². The normalized spacial score (nSPS) is 12.2. The molecule has 0 saturated carbocycles. The Balaban J connectivity index is 1.87. The first-order valence-electron chi connectivity index (χ1n) is 9.18. The van der Waals surface area contributed by atoms with Crippen molar-refractivity contribution < 1.29 is 14.3 Å². The molecule has 2 aromatic carbocycles. The first-order chi connectivity index (χ1) is 13.2. The van der Waals surface area contributed by atoms with Crippen molar-refractivity contribution in [1.82, 2.24) is 5.32 Å². The third-order valence-corrected chi connectivity index (χ3v) is 4.70. The van der Waals surface area contributed by atoms with E-state index in [1.54, 1.807) is 23.9 Å². The topological polar surface area (TPSA) is 67.4 Å². The second-order valence-electron chi connectivity index (χ2n) is 7.56. The number of hydrogen-bond acceptors (Lipinski definition) is 4. The minimum Gasteiger partial charge on any atom is -0.444 e. The lowest BCUT2D eigenvalue weighted by Gasteiger charge is -2.19. The molecule has 0 radical (unpaired) electrons. The summed E-state index contributed by atoms with van der Waals surface area (Å²) in [7, 11) is 0. The number of ether oxygens (including phenoxy) is 1. The maximum atomic E-state index is 12.3. The van der Waals surface area contributed by atoms with Crippen molar-refractivity contribution in [1.29, 1.82) is 0 Å². The van der Waals surface area contributed by atoms with Crippen molar-refractivity contribution in [2.24, 2.45) is 0 Å². The summed E-state index contributed by atoms with van der Waals surface area (Å²) in [6, 6.07) is 15.3. The van der Waals surface area contributed by atoms with E-state index in [9.17, 15) is 9.59 Å². The molecule has 1 unspecified atom stereocenters. The zero-order valence-corrected chi connectivity index (χ0v) is 17.9. The van der Waals surface area contributed by atoms with E-state index in [0.717, 1.165) is 11.1 Å². The average Bonchev–Trinajstić information content (AvgIpc) is 2.61. The highest BCUT2D eigenvalue weighted by molar-refractivity contribution is 7.98. The summed E-state index contributed by atoms with van der Waals surface area (Å²) in [5, 5.41) is 5.70. The molecule has 0 aliphatic rings. The first-order valence-corrected chi connectivity index (χ1v) is 10.4. The highest BCUT2D eigenvalue weighted by Gasteiger charge is 2.16. The number of rotatable bonds is 6. The van der Waals surface area contributed by atoms with E-state index in [1.807, 2.05) is 58.2 Å². The van der Waals surface area contributed by atoms with Crippen molar-refractivity contribution >= 4 is 29.4 Å². The van der Waals surface area contributed by atoms with Gasteiger partial charge in [-0.15, -0.1) is 11.8 Å². The molecule has 6 heteroatoms. The molecule has 2 aromatic rings. The summed E-state index contributed by atoms with van der Waals surface area (Å²) in [4.78, 5) is 25.3. The third-order valence-electron chi connectivity index (χ3n) is 3.96. The maximum absolute atomic E-state index is 12.3. The van der Waals surface area contributed by atoms with Crippen LogP contribution in [-0.2, 0) is 16.0 Å². The molecule has 2 rings (SSSR count). The highest BCUT2D eigenvalue weighted by Crippen LogP contribution is 2.19. The lowest BCUT2D eigenvalue weighted by molar-refractivity contribution is -0.121. The van der Waals surface area contributed by atoms with Gasteiger partial charge in [0.15, 0.2) is 0 Å². The Kier molecular flexibility index (Phi) is 7.52. The Morgan fingerprint density at radius 3 is 2.18 bits per heavy atom. The van der Waals surface area contributed by atoms with Gasteiger partial charge in [0, 0.05) is 10.6 Å². The molecular weight excluding hydrogens is 372 g/mol. The number of nitrogens with one attached hydrogen (secondary N) is 2. The van der Waals surface area contributed by atoms with Crippen LogP contribution in [0.1, 0.15) is 44.9 Å².